The first-order valence-electron chi connectivity index (χ1n) is 4.25. The molecule has 0 atom stereocenters. The molecule has 94 valence electrons. The summed E-state index contributed by atoms with van der Waals surface area (Å²) < 4.78 is 25.3. The molecule has 0 heterocycles. The first kappa shape index (κ1) is 14.8. The number of nitrogens with two attached hydrogens (primary N) is 2. The van der Waals surface area contributed by atoms with Crippen LogP contribution in [0.2, 0.25) is 0 Å². The molecular weight excluding hydrogens is 236 g/mol. The van der Waals surface area contributed by atoms with Crippen LogP contribution in [-0.2, 0) is 11.3 Å². The van der Waals surface area contributed by atoms with E-state index < -0.39 is 17.7 Å². The summed E-state index contributed by atoms with van der Waals surface area (Å²) in [5, 5.41) is 7.55. The van der Waals surface area contributed by atoms with Gasteiger partial charge in [0, 0.05) is 6.07 Å². The summed E-state index contributed by atoms with van der Waals surface area (Å²) >= 11 is 0. The zero-order valence-corrected chi connectivity index (χ0v) is 8.64. The van der Waals surface area contributed by atoms with E-state index in [2.05, 4.69) is 0 Å². The van der Waals surface area contributed by atoms with Gasteiger partial charge in [0.25, 0.3) is 6.47 Å². The molecule has 8 heteroatoms. The Hall–Kier alpha value is -2.22. The molecule has 0 aliphatic rings. The molecule has 17 heavy (non-hydrogen) atoms. The van der Waals surface area contributed by atoms with Crippen molar-refractivity contribution in [3.8, 4) is 0 Å². The molecule has 6 nitrogen and oxygen atoms in total. The van der Waals surface area contributed by atoms with Crippen molar-refractivity contribution in [1.29, 1.82) is 0 Å². The van der Waals surface area contributed by atoms with Crippen molar-refractivity contribution in [2.45, 2.75) is 6.54 Å². The van der Waals surface area contributed by atoms with E-state index in [4.69, 9.17) is 21.5 Å². The Bertz CT molecular complexity index is 381. The third kappa shape index (κ3) is 6.05. The van der Waals surface area contributed by atoms with Crippen LogP contribution in [0, 0.1) is 11.6 Å². The Morgan fingerprint density at radius 1 is 1.35 bits per heavy atom. The average molecular weight is 247 g/mol. The second-order valence-corrected chi connectivity index (χ2v) is 2.85. The van der Waals surface area contributed by atoms with Crippen LogP contribution in [0.4, 0.5) is 13.6 Å². The summed E-state index contributed by atoms with van der Waals surface area (Å²) in [4.78, 5) is 18.9. The van der Waals surface area contributed by atoms with Gasteiger partial charge in [-0.1, -0.05) is 0 Å². The van der Waals surface area contributed by atoms with Crippen molar-refractivity contribution in [3.63, 3.8) is 0 Å². The molecule has 0 saturated heterocycles. The van der Waals surface area contributed by atoms with Gasteiger partial charge in [0.2, 0.25) is 0 Å². The quantitative estimate of drug-likeness (QED) is 0.304. The van der Waals surface area contributed by atoms with E-state index in [1.807, 2.05) is 0 Å². The highest BCUT2D eigenvalue weighted by Gasteiger charge is 2.07. The Balaban J connectivity index is 0.000000770. The van der Waals surface area contributed by atoms with Gasteiger partial charge in [0.1, 0.15) is 11.6 Å². The molecule has 0 unspecified atom stereocenters. The van der Waals surface area contributed by atoms with Crippen molar-refractivity contribution in [1.82, 2.24) is 5.01 Å². The molecular formula is C9H11F2N3O3. The van der Waals surface area contributed by atoms with Crippen LogP contribution in [0.25, 0.3) is 0 Å². The predicted molar refractivity (Wildman–Crippen MR) is 54.4 cm³/mol. The number of hydrogen-bond donors (Lipinski definition) is 3. The molecule has 1 rings (SSSR count). The molecule has 1 aromatic carbocycles. The molecule has 0 fully saturated rings. The lowest BCUT2D eigenvalue weighted by molar-refractivity contribution is -0.122. The summed E-state index contributed by atoms with van der Waals surface area (Å²) in [5.41, 5.74) is 5.07. The number of benzene rings is 1. The Labute approximate surface area is 95.4 Å². The van der Waals surface area contributed by atoms with Crippen molar-refractivity contribution < 1.29 is 23.5 Å². The second-order valence-electron chi connectivity index (χ2n) is 2.85. The molecule has 0 aromatic heterocycles. The summed E-state index contributed by atoms with van der Waals surface area (Å²) in [6, 6.07) is 2.02. The number of urea groups is 1. The summed E-state index contributed by atoms with van der Waals surface area (Å²) in [6.07, 6.45) is 0. The summed E-state index contributed by atoms with van der Waals surface area (Å²) in [7, 11) is 0. The standard InChI is InChI=1S/C8H9F2N3O.CH2O2/c9-6-1-5(2-7(10)3-6)4-13(12)8(11)14;2-1-3/h1-3H,4,12H2,(H2,11,14);1H,(H,2,3). The number of hydrogen-bond acceptors (Lipinski definition) is 3. The van der Waals surface area contributed by atoms with E-state index in [1.54, 1.807) is 0 Å². The topological polar surface area (TPSA) is 110 Å². The summed E-state index contributed by atoms with van der Waals surface area (Å²) in [6.45, 7) is -0.385. The largest absolute Gasteiger partial charge is 0.483 e. The molecule has 0 aliphatic heterocycles. The van der Waals surface area contributed by atoms with Gasteiger partial charge < -0.3 is 10.8 Å². The zero-order chi connectivity index (χ0) is 13.4. The van der Waals surface area contributed by atoms with Crippen molar-refractivity contribution in [2.75, 3.05) is 0 Å². The van der Waals surface area contributed by atoms with Crippen LogP contribution in [0.15, 0.2) is 18.2 Å². The Morgan fingerprint density at radius 2 is 1.76 bits per heavy atom. The van der Waals surface area contributed by atoms with E-state index in [-0.39, 0.29) is 18.6 Å². The molecule has 2 amide bonds. The second kappa shape index (κ2) is 7.12. The van der Waals surface area contributed by atoms with Gasteiger partial charge in [-0.15, -0.1) is 0 Å². The van der Waals surface area contributed by atoms with Gasteiger partial charge in [-0.25, -0.2) is 19.4 Å². The van der Waals surface area contributed by atoms with Crippen LogP contribution >= 0.6 is 0 Å². The monoisotopic (exact) mass is 247 g/mol. The van der Waals surface area contributed by atoms with Crippen LogP contribution in [0.1, 0.15) is 5.56 Å². The number of hydrazine groups is 1. The lowest BCUT2D eigenvalue weighted by Gasteiger charge is -2.13. The molecule has 0 radical (unpaired) electrons. The normalized spacial score (nSPS) is 8.88. The highest BCUT2D eigenvalue weighted by Crippen LogP contribution is 2.08. The zero-order valence-electron chi connectivity index (χ0n) is 8.64. The number of amides is 2. The average Bonchev–Trinajstić information content (AvgIpc) is 2.16. The van der Waals surface area contributed by atoms with Gasteiger partial charge in [-0.2, -0.15) is 0 Å². The molecule has 0 aliphatic carbocycles. The fourth-order valence-electron chi connectivity index (χ4n) is 0.977. The van der Waals surface area contributed by atoms with Crippen molar-refractivity contribution >= 4 is 12.5 Å². The highest BCUT2D eigenvalue weighted by atomic mass is 19.1. The van der Waals surface area contributed by atoms with Gasteiger partial charge in [-0.05, 0) is 17.7 Å². The minimum Gasteiger partial charge on any atom is -0.483 e. The Kier molecular flexibility index (Phi) is 6.19. The van der Waals surface area contributed by atoms with Gasteiger partial charge in [-0.3, -0.25) is 9.80 Å². The van der Waals surface area contributed by atoms with E-state index in [0.29, 0.717) is 5.01 Å². The molecule has 0 bridgehead atoms. The van der Waals surface area contributed by atoms with Crippen LogP contribution in [0.5, 0.6) is 0 Å². The molecule has 0 saturated carbocycles. The molecule has 5 N–H and O–H groups in total. The minimum atomic E-state index is -0.866. The SMILES string of the molecule is NC(=O)N(N)Cc1cc(F)cc(F)c1.O=CO. The van der Waals surface area contributed by atoms with Gasteiger partial charge >= 0.3 is 6.03 Å². The van der Waals surface area contributed by atoms with Crippen molar-refractivity contribution in [2.24, 2.45) is 11.6 Å². The number of rotatable bonds is 2. The summed E-state index contributed by atoms with van der Waals surface area (Å²) in [5.74, 6) is 3.71. The first-order valence-corrected chi connectivity index (χ1v) is 4.25. The van der Waals surface area contributed by atoms with Crippen molar-refractivity contribution in [3.05, 3.63) is 35.4 Å². The van der Waals surface area contributed by atoms with E-state index in [0.717, 1.165) is 18.2 Å². The maximum absolute atomic E-state index is 12.7. The number of carbonyl (C=O) groups excluding carboxylic acids is 1. The third-order valence-electron chi connectivity index (χ3n) is 1.56. The Morgan fingerprint density at radius 3 is 2.12 bits per heavy atom. The minimum absolute atomic E-state index is 0.135. The van der Waals surface area contributed by atoms with Gasteiger partial charge in [0.05, 0.1) is 6.54 Å². The van der Waals surface area contributed by atoms with Crippen LogP contribution < -0.4 is 11.6 Å². The number of carbonyl (C=O) groups is 2. The fourth-order valence-corrected chi connectivity index (χ4v) is 0.977. The lowest BCUT2D eigenvalue weighted by Crippen LogP contribution is -2.40. The van der Waals surface area contributed by atoms with E-state index in [1.165, 1.54) is 0 Å². The maximum atomic E-state index is 12.7. The maximum Gasteiger partial charge on any atom is 0.329 e. The van der Waals surface area contributed by atoms with E-state index >= 15 is 0 Å². The number of nitrogens with zero attached hydrogens (tertiary/aromatic N) is 1. The molecule has 0 spiro atoms. The van der Waals surface area contributed by atoms with E-state index in [9.17, 15) is 13.6 Å². The number of primary amides is 1. The van der Waals surface area contributed by atoms with Gasteiger partial charge in [0.15, 0.2) is 0 Å². The smallest absolute Gasteiger partial charge is 0.329 e. The fraction of sp³-hybridized carbons (Fsp3) is 0.111. The number of halogens is 2. The third-order valence-corrected chi connectivity index (χ3v) is 1.56. The predicted octanol–water partition coefficient (Wildman–Crippen LogP) is 0.420. The van der Waals surface area contributed by atoms with Crippen LogP contribution in [-0.4, -0.2) is 22.6 Å². The number of carboxylic acid groups (broad SMARTS) is 1. The lowest BCUT2D eigenvalue weighted by atomic mass is 10.2. The first-order chi connectivity index (χ1) is 7.90. The van der Waals surface area contributed by atoms with Crippen LogP contribution in [0.3, 0.4) is 0 Å². The highest BCUT2D eigenvalue weighted by molar-refractivity contribution is 5.71. The molecule has 1 aromatic rings.